The van der Waals surface area contributed by atoms with Crippen LogP contribution in [0.4, 0.5) is 99.7 Å². The molecule has 9 heterocycles. The molecule has 30 nitrogen and oxygen atoms in total. The van der Waals surface area contributed by atoms with Crippen molar-refractivity contribution < 1.29 is 41.8 Å². The lowest BCUT2D eigenvalue weighted by Crippen LogP contribution is -2.55. The number of hydrogen-bond acceptors (Lipinski definition) is 24. The molecule has 3 fully saturated rings. The number of rotatable bonds is 15. The SMILES string of the molecule is COC1CCC(N2c3nc(Nc4cc(F)c5[nH]ncc5c4)ncc3N(c3cccc(C#N)c3)C(=O)[C@H]2C)CC1.COC1CCC(N2c3nc(Nc4cc(F)c5[nH]ncc5c4)ncc3N(c3cccc(C#N)c3)C(=O)[C@H]2C)CC1.COC1CCC(N2c3nc(Nc4cc(F)c5[nH]ncc5c4)ncc3N(c3cccc(C#N)c3)C(=O)[C@H]2C)CC1. The van der Waals surface area contributed by atoms with Crippen LogP contribution in [0.15, 0.2) is 146 Å². The third kappa shape index (κ3) is 15.3. The van der Waals surface area contributed by atoms with Gasteiger partial charge in [0.1, 0.15) is 51.7 Å². The van der Waals surface area contributed by atoms with E-state index in [4.69, 9.17) is 29.2 Å². The summed E-state index contributed by atoms with van der Waals surface area (Å²) >= 11 is 0. The quantitative estimate of drug-likeness (QED) is 0.0555. The van der Waals surface area contributed by atoms with Gasteiger partial charge in [-0.2, -0.15) is 46.0 Å². The van der Waals surface area contributed by atoms with Gasteiger partial charge < -0.3 is 44.9 Å². The van der Waals surface area contributed by atoms with Gasteiger partial charge in [0.2, 0.25) is 17.8 Å². The number of benzene rings is 6. The normalized spacial score (nSPS) is 21.1. The van der Waals surface area contributed by atoms with Gasteiger partial charge >= 0.3 is 0 Å². The fourth-order valence-electron chi connectivity index (χ4n) is 16.9. The number of carbonyl (C=O) groups is 3. The summed E-state index contributed by atoms with van der Waals surface area (Å²) in [5.41, 5.74) is 7.09. The van der Waals surface area contributed by atoms with Gasteiger partial charge in [-0.15, -0.1) is 0 Å². The second-order valence-corrected chi connectivity index (χ2v) is 29.7. The Bertz CT molecular complexity index is 5330. The average Bonchev–Trinajstić information content (AvgIpc) is 0.931. The number of fused-ring (bicyclic) bond motifs is 6. The topological polar surface area (TPSA) is 369 Å². The first-order valence-electron chi connectivity index (χ1n) is 38.7. The molecular formula is C84H81F3N24O6. The number of ether oxygens (including phenoxy) is 3. The maximum atomic E-state index is 14.6. The number of nitrogens with zero attached hydrogens (tertiary/aromatic N) is 18. The van der Waals surface area contributed by atoms with E-state index in [2.05, 4.69) is 94.4 Å². The van der Waals surface area contributed by atoms with Crippen molar-refractivity contribution in [3.63, 3.8) is 0 Å². The zero-order chi connectivity index (χ0) is 81.3. The number of amides is 3. The maximum absolute atomic E-state index is 14.6. The van der Waals surface area contributed by atoms with Gasteiger partial charge in [-0.3, -0.25) is 44.4 Å². The first-order valence-corrected chi connectivity index (χ1v) is 38.7. The van der Waals surface area contributed by atoms with E-state index in [1.807, 2.05) is 20.8 Å². The van der Waals surface area contributed by atoms with Crippen LogP contribution in [0.2, 0.25) is 0 Å². The number of carbonyl (C=O) groups excluding carboxylic acids is 3. The Morgan fingerprint density at radius 3 is 0.923 bits per heavy atom. The fourth-order valence-corrected chi connectivity index (χ4v) is 16.9. The third-order valence-corrected chi connectivity index (χ3v) is 22.8. The second-order valence-electron chi connectivity index (χ2n) is 29.7. The van der Waals surface area contributed by atoms with Crippen molar-refractivity contribution in [3.05, 3.63) is 181 Å². The molecule has 3 saturated carbocycles. The summed E-state index contributed by atoms with van der Waals surface area (Å²) in [5.74, 6) is 0.957. The summed E-state index contributed by atoms with van der Waals surface area (Å²) in [6.07, 6.45) is 20.6. The Morgan fingerprint density at radius 1 is 0.393 bits per heavy atom. The number of anilines is 15. The van der Waals surface area contributed by atoms with Gasteiger partial charge in [0.05, 0.1) is 107 Å². The minimum absolute atomic E-state index is 0.0872. The Morgan fingerprint density at radius 2 is 0.667 bits per heavy atom. The van der Waals surface area contributed by atoms with Crippen molar-refractivity contribution in [3.8, 4) is 18.2 Å². The lowest BCUT2D eigenvalue weighted by Gasteiger charge is -2.46. The molecule has 33 heteroatoms. The number of nitrogens with one attached hydrogen (secondary N) is 6. The van der Waals surface area contributed by atoms with E-state index < -0.39 is 35.6 Å². The van der Waals surface area contributed by atoms with Crippen LogP contribution in [0.3, 0.4) is 0 Å². The molecular weight excluding hydrogens is 1500 g/mol. The van der Waals surface area contributed by atoms with E-state index >= 15 is 0 Å². The highest BCUT2D eigenvalue weighted by Gasteiger charge is 2.46. The Kier molecular flexibility index (Phi) is 21.8. The van der Waals surface area contributed by atoms with E-state index in [0.29, 0.717) is 118 Å². The van der Waals surface area contributed by atoms with Crippen LogP contribution in [-0.4, -0.2) is 154 Å². The lowest BCUT2D eigenvalue weighted by molar-refractivity contribution is -0.120. The first kappa shape index (κ1) is 77.3. The van der Waals surface area contributed by atoms with E-state index in [9.17, 15) is 43.3 Å². The third-order valence-electron chi connectivity index (χ3n) is 22.8. The number of halogens is 3. The highest BCUT2D eigenvalue weighted by molar-refractivity contribution is 6.12. The summed E-state index contributed by atoms with van der Waals surface area (Å²) in [7, 11) is 5.19. The number of H-pyrrole nitrogens is 3. The van der Waals surface area contributed by atoms with Crippen molar-refractivity contribution in [2.24, 2.45) is 0 Å². The van der Waals surface area contributed by atoms with Crippen molar-refractivity contribution in [1.29, 1.82) is 15.8 Å². The molecule has 0 unspecified atom stereocenters. The monoisotopic (exact) mass is 1580 g/mol. The van der Waals surface area contributed by atoms with Crippen LogP contribution in [0.5, 0.6) is 0 Å². The molecule has 6 aromatic heterocycles. The molecule has 18 rings (SSSR count). The Balaban J connectivity index is 0.000000131. The molecule has 594 valence electrons. The minimum Gasteiger partial charge on any atom is -0.381 e. The number of aromatic amines is 3. The van der Waals surface area contributed by atoms with E-state index in [0.717, 1.165) is 77.0 Å². The lowest BCUT2D eigenvalue weighted by atomic mass is 9.90. The smallest absolute Gasteiger partial charge is 0.254 e. The molecule has 0 spiro atoms. The Hall–Kier alpha value is -13.7. The maximum Gasteiger partial charge on any atom is 0.254 e. The van der Waals surface area contributed by atoms with Gasteiger partial charge in [-0.05, 0) is 189 Å². The molecule has 0 radical (unpaired) electrons. The summed E-state index contributed by atoms with van der Waals surface area (Å²) in [5, 5.41) is 59.2. The summed E-state index contributed by atoms with van der Waals surface area (Å²) in [6, 6.07) is 35.3. The number of aromatic nitrogens is 12. The van der Waals surface area contributed by atoms with Crippen molar-refractivity contribution in [1.82, 2.24) is 60.5 Å². The predicted octanol–water partition coefficient (Wildman–Crippen LogP) is 14.8. The van der Waals surface area contributed by atoms with Crippen LogP contribution in [0, 0.1) is 51.4 Å². The van der Waals surface area contributed by atoms with E-state index in [1.165, 1.54) is 18.2 Å². The van der Waals surface area contributed by atoms with Gasteiger partial charge in [-0.25, -0.2) is 28.1 Å². The summed E-state index contributed by atoms with van der Waals surface area (Å²) < 4.78 is 60.4. The van der Waals surface area contributed by atoms with Crippen LogP contribution in [0.1, 0.15) is 115 Å². The van der Waals surface area contributed by atoms with Crippen LogP contribution >= 0.6 is 0 Å². The van der Waals surface area contributed by atoms with Gasteiger partial charge in [0.25, 0.3) is 17.7 Å². The standard InChI is InChI=1S/3C28H27FN8O2/c3*1-16-27(38)37(21-5-3-4-17(10-21)13-30)24-15-31-28(33-19-11-18-14-32-35-25(18)23(29)12-19)34-26(24)36(16)20-6-8-22(39-2)9-7-20/h3*3-5,10-12,14-16,20,22H,6-9H2,1-2H3,(H,32,35)(H,31,33,34)/t3*16-,20?,22?/m111/s1. The minimum atomic E-state index is -0.505. The van der Waals surface area contributed by atoms with Gasteiger partial charge in [0.15, 0.2) is 34.9 Å². The van der Waals surface area contributed by atoms with Crippen molar-refractivity contribution >= 4 is 137 Å². The van der Waals surface area contributed by atoms with E-state index in [-0.39, 0.29) is 72.0 Å². The molecule has 0 saturated heterocycles. The van der Waals surface area contributed by atoms with Crippen LogP contribution in [0.25, 0.3) is 32.7 Å². The Labute approximate surface area is 669 Å². The highest BCUT2D eigenvalue weighted by atomic mass is 19.1. The van der Waals surface area contributed by atoms with Crippen LogP contribution < -0.4 is 45.3 Å². The molecule has 3 atom stereocenters. The molecule has 6 aliphatic rings. The molecule has 117 heavy (non-hydrogen) atoms. The summed E-state index contributed by atoms with van der Waals surface area (Å²) in [6.45, 7) is 5.64. The summed E-state index contributed by atoms with van der Waals surface area (Å²) in [4.78, 5) is 80.6. The second kappa shape index (κ2) is 33.0. The number of nitriles is 3. The molecule has 6 aromatic carbocycles. The van der Waals surface area contributed by atoms with Crippen molar-refractivity contribution in [2.75, 3.05) is 66.7 Å². The first-order chi connectivity index (χ1) is 56.9. The largest absolute Gasteiger partial charge is 0.381 e. The zero-order valence-corrected chi connectivity index (χ0v) is 64.7. The van der Waals surface area contributed by atoms with Crippen LogP contribution in [-0.2, 0) is 28.6 Å². The molecule has 0 bridgehead atoms. The van der Waals surface area contributed by atoms with Gasteiger partial charge in [0, 0.05) is 72.7 Å². The molecule has 12 aromatic rings. The molecule has 3 aliphatic carbocycles. The van der Waals surface area contributed by atoms with Crippen molar-refractivity contribution in [2.45, 2.75) is 152 Å². The molecule has 3 aliphatic heterocycles. The highest BCUT2D eigenvalue weighted by Crippen LogP contribution is 2.48. The van der Waals surface area contributed by atoms with E-state index in [1.54, 1.807) is 164 Å². The number of methoxy groups -OCH3 is 3. The molecule has 6 N–H and O–H groups in total. The molecule has 3 amide bonds. The number of hydrogen-bond donors (Lipinski definition) is 6. The average molecular weight is 1580 g/mol. The predicted molar refractivity (Wildman–Crippen MR) is 434 cm³/mol. The van der Waals surface area contributed by atoms with Gasteiger partial charge in [-0.1, -0.05) is 18.2 Å². The fraction of sp³-hybridized carbons (Fsp3) is 0.321. The zero-order valence-electron chi connectivity index (χ0n) is 64.7.